The van der Waals surface area contributed by atoms with Crippen molar-refractivity contribution in [3.05, 3.63) is 17.6 Å². The molecule has 0 aromatic carbocycles. The summed E-state index contributed by atoms with van der Waals surface area (Å²) in [4.78, 5) is 17.8. The third-order valence-electron chi connectivity index (χ3n) is 2.26. The molecule has 1 rings (SSSR count). The molecule has 0 saturated heterocycles. The predicted molar refractivity (Wildman–Crippen MR) is 71.3 cm³/mol. The molecule has 0 atom stereocenters. The number of halogens is 3. The van der Waals surface area contributed by atoms with Gasteiger partial charge in [-0.2, -0.15) is 23.4 Å². The Morgan fingerprint density at radius 1 is 1.41 bits per heavy atom. The Morgan fingerprint density at radius 3 is 2.41 bits per heavy atom. The predicted octanol–water partition coefficient (Wildman–Crippen LogP) is 1.80. The first kappa shape index (κ1) is 17.5. The normalized spacial score (nSPS) is 11.7. The van der Waals surface area contributed by atoms with Crippen molar-refractivity contribution in [3.63, 3.8) is 0 Å². The molecule has 0 aliphatic carbocycles. The Kier molecular flexibility index (Phi) is 4.80. The van der Waals surface area contributed by atoms with E-state index in [0.717, 1.165) is 5.01 Å². The van der Waals surface area contributed by atoms with Crippen molar-refractivity contribution in [1.82, 2.24) is 15.4 Å². The van der Waals surface area contributed by atoms with Crippen LogP contribution in [0.15, 0.2) is 6.07 Å². The molecule has 2 amide bonds. The molecule has 0 radical (unpaired) electrons. The van der Waals surface area contributed by atoms with Gasteiger partial charge in [0.2, 0.25) is 5.82 Å². The van der Waals surface area contributed by atoms with Crippen LogP contribution < -0.4 is 16.2 Å². The Bertz CT molecular complexity index is 602. The second kappa shape index (κ2) is 6.05. The van der Waals surface area contributed by atoms with Crippen LogP contribution in [0.4, 0.5) is 23.8 Å². The molecule has 0 fully saturated rings. The maximum Gasteiger partial charge on any atom is 0.433 e. The Balaban J connectivity index is 3.34. The van der Waals surface area contributed by atoms with Gasteiger partial charge < -0.3 is 5.73 Å². The van der Waals surface area contributed by atoms with Crippen molar-refractivity contribution in [2.45, 2.75) is 26.9 Å². The summed E-state index contributed by atoms with van der Waals surface area (Å²) in [6.07, 6.45) is -4.75. The Labute approximate surface area is 124 Å². The van der Waals surface area contributed by atoms with Gasteiger partial charge in [-0.05, 0) is 5.41 Å². The first-order valence-corrected chi connectivity index (χ1v) is 6.12. The molecule has 1 aromatic heterocycles. The fourth-order valence-electron chi connectivity index (χ4n) is 1.55. The van der Waals surface area contributed by atoms with Gasteiger partial charge >= 0.3 is 12.2 Å². The average Bonchev–Trinajstić information content (AvgIpc) is 2.34. The smallest absolute Gasteiger partial charge is 0.350 e. The number of rotatable bonds is 3. The van der Waals surface area contributed by atoms with E-state index in [2.05, 4.69) is 15.4 Å². The molecule has 1 aromatic rings. The number of nitriles is 1. The van der Waals surface area contributed by atoms with Gasteiger partial charge in [-0.1, -0.05) is 20.8 Å². The van der Waals surface area contributed by atoms with Gasteiger partial charge in [0.05, 0.1) is 0 Å². The molecule has 7 nitrogen and oxygen atoms in total. The van der Waals surface area contributed by atoms with E-state index in [-0.39, 0.29) is 12.4 Å². The maximum absolute atomic E-state index is 12.8. The van der Waals surface area contributed by atoms with E-state index >= 15 is 0 Å². The highest BCUT2D eigenvalue weighted by Gasteiger charge is 2.34. The van der Waals surface area contributed by atoms with E-state index in [4.69, 9.17) is 11.0 Å². The standard InChI is InChI=1S/C12H15F3N6O/c1-11(2,3)6-21(20-10(17)22)9-4-7(12(13,14)15)18-8(5-16)19-9/h4H,6H2,1-3H3,(H3,17,20,22). The van der Waals surface area contributed by atoms with Gasteiger partial charge in [0, 0.05) is 12.6 Å². The quantitative estimate of drug-likeness (QED) is 0.827. The summed E-state index contributed by atoms with van der Waals surface area (Å²) in [6.45, 7) is 5.54. The van der Waals surface area contributed by atoms with E-state index in [1.165, 1.54) is 6.07 Å². The van der Waals surface area contributed by atoms with Crippen LogP contribution in [0.3, 0.4) is 0 Å². The lowest BCUT2D eigenvalue weighted by molar-refractivity contribution is -0.141. The van der Waals surface area contributed by atoms with Crippen molar-refractivity contribution < 1.29 is 18.0 Å². The van der Waals surface area contributed by atoms with Gasteiger partial charge in [0.1, 0.15) is 6.07 Å². The minimum absolute atomic E-state index is 0.120. The van der Waals surface area contributed by atoms with E-state index < -0.39 is 29.1 Å². The number of anilines is 1. The molecular formula is C12H15F3N6O. The lowest BCUT2D eigenvalue weighted by atomic mass is 9.97. The van der Waals surface area contributed by atoms with Gasteiger partial charge in [0.15, 0.2) is 11.5 Å². The summed E-state index contributed by atoms with van der Waals surface area (Å²) in [5.74, 6) is -0.928. The SMILES string of the molecule is CC(C)(C)CN(NC(N)=O)c1cc(C(F)(F)F)nc(C#N)n1. The number of amides is 2. The van der Waals surface area contributed by atoms with Gasteiger partial charge in [-0.15, -0.1) is 0 Å². The number of nitrogens with zero attached hydrogens (tertiary/aromatic N) is 4. The number of aromatic nitrogens is 2. The number of primary amides is 1. The van der Waals surface area contributed by atoms with Crippen LogP contribution in [0.2, 0.25) is 0 Å². The number of alkyl halides is 3. The number of nitrogens with two attached hydrogens (primary N) is 1. The number of hydrogen-bond acceptors (Lipinski definition) is 5. The maximum atomic E-state index is 12.8. The summed E-state index contributed by atoms with van der Waals surface area (Å²) in [6, 6.07) is 1.14. The van der Waals surface area contributed by atoms with Crippen molar-refractivity contribution in [1.29, 1.82) is 5.26 Å². The summed E-state index contributed by atoms with van der Waals surface area (Å²) >= 11 is 0. The third kappa shape index (κ3) is 5.08. The second-order valence-electron chi connectivity index (χ2n) is 5.67. The van der Waals surface area contributed by atoms with Gasteiger partial charge in [-0.25, -0.2) is 15.2 Å². The van der Waals surface area contributed by atoms with Gasteiger partial charge in [-0.3, -0.25) is 5.01 Å². The molecule has 10 heteroatoms. The highest BCUT2D eigenvalue weighted by Crippen LogP contribution is 2.30. The lowest BCUT2D eigenvalue weighted by Gasteiger charge is -2.30. The van der Waals surface area contributed by atoms with Crippen LogP contribution in [0.25, 0.3) is 0 Å². The molecule has 22 heavy (non-hydrogen) atoms. The third-order valence-corrected chi connectivity index (χ3v) is 2.26. The number of hydrazine groups is 1. The first-order valence-electron chi connectivity index (χ1n) is 6.12. The molecule has 0 bridgehead atoms. The lowest BCUT2D eigenvalue weighted by Crippen LogP contribution is -2.49. The Morgan fingerprint density at radius 2 is 2.00 bits per heavy atom. The second-order valence-corrected chi connectivity index (χ2v) is 5.67. The summed E-state index contributed by atoms with van der Waals surface area (Å²) in [7, 11) is 0. The van der Waals surface area contributed by atoms with Crippen molar-refractivity contribution in [2.75, 3.05) is 11.6 Å². The molecule has 0 saturated carbocycles. The fraction of sp³-hybridized carbons (Fsp3) is 0.500. The zero-order chi connectivity index (χ0) is 17.1. The van der Waals surface area contributed by atoms with Crippen LogP contribution in [0.5, 0.6) is 0 Å². The number of nitrogens with one attached hydrogen (secondary N) is 1. The van der Waals surface area contributed by atoms with E-state index in [0.29, 0.717) is 6.07 Å². The van der Waals surface area contributed by atoms with Crippen molar-refractivity contribution >= 4 is 11.8 Å². The van der Waals surface area contributed by atoms with E-state index in [9.17, 15) is 18.0 Å². The number of carbonyl (C=O) groups excluding carboxylic acids is 1. The highest BCUT2D eigenvalue weighted by molar-refractivity contribution is 5.73. The summed E-state index contributed by atoms with van der Waals surface area (Å²) in [5, 5.41) is 9.83. The molecular weight excluding hydrogens is 301 g/mol. The summed E-state index contributed by atoms with van der Waals surface area (Å²) in [5.41, 5.74) is 5.54. The van der Waals surface area contributed by atoms with E-state index in [1.54, 1.807) is 20.8 Å². The van der Waals surface area contributed by atoms with Gasteiger partial charge in [0.25, 0.3) is 0 Å². The van der Waals surface area contributed by atoms with E-state index in [1.807, 2.05) is 0 Å². The molecule has 1 heterocycles. The molecule has 0 unspecified atom stereocenters. The largest absolute Gasteiger partial charge is 0.433 e. The Hall–Kier alpha value is -2.57. The van der Waals surface area contributed by atoms with Crippen molar-refractivity contribution in [3.8, 4) is 6.07 Å². The number of hydrogen-bond donors (Lipinski definition) is 2. The van der Waals surface area contributed by atoms with Crippen LogP contribution >= 0.6 is 0 Å². The molecule has 3 N–H and O–H groups in total. The minimum atomic E-state index is -4.75. The molecule has 120 valence electrons. The molecule has 0 aliphatic rings. The molecule has 0 aliphatic heterocycles. The zero-order valence-corrected chi connectivity index (χ0v) is 12.2. The number of carbonyl (C=O) groups is 1. The van der Waals surface area contributed by atoms with Crippen LogP contribution in [0.1, 0.15) is 32.3 Å². The summed E-state index contributed by atoms with van der Waals surface area (Å²) < 4.78 is 38.5. The molecule has 0 spiro atoms. The topological polar surface area (TPSA) is 108 Å². The van der Waals surface area contributed by atoms with Crippen LogP contribution in [0, 0.1) is 16.7 Å². The fourth-order valence-corrected chi connectivity index (χ4v) is 1.55. The first-order chi connectivity index (χ1) is 9.92. The average molecular weight is 316 g/mol. The highest BCUT2D eigenvalue weighted by atomic mass is 19.4. The van der Waals surface area contributed by atoms with Crippen LogP contribution in [-0.2, 0) is 6.18 Å². The van der Waals surface area contributed by atoms with Crippen LogP contribution in [-0.4, -0.2) is 22.5 Å². The van der Waals surface area contributed by atoms with Crippen molar-refractivity contribution in [2.24, 2.45) is 11.1 Å². The minimum Gasteiger partial charge on any atom is -0.350 e. The monoisotopic (exact) mass is 316 g/mol. The number of urea groups is 1. The zero-order valence-electron chi connectivity index (χ0n) is 12.2.